The molecule has 5 nitrogen and oxygen atoms in total. The smallest absolute Gasteiger partial charge is 0.322 e. The van der Waals surface area contributed by atoms with Crippen molar-refractivity contribution in [2.75, 3.05) is 11.9 Å². The number of aromatic nitrogens is 1. The molecule has 1 saturated heterocycles. The van der Waals surface area contributed by atoms with Gasteiger partial charge in [-0.1, -0.05) is 5.16 Å². The molecule has 1 aromatic carbocycles. The molecule has 2 amide bonds. The molecule has 0 bridgehead atoms. The Balaban J connectivity index is 1.72. The Morgan fingerprint density at radius 3 is 2.86 bits per heavy atom. The summed E-state index contributed by atoms with van der Waals surface area (Å²) in [5.74, 6) is 0.404. The SMILES string of the molecule is Cc1cc([C@@H]2CCCN2C(=O)Nc2ccc(F)cc2)no1. The highest BCUT2D eigenvalue weighted by molar-refractivity contribution is 5.89. The summed E-state index contributed by atoms with van der Waals surface area (Å²) in [4.78, 5) is 14.1. The predicted octanol–water partition coefficient (Wildman–Crippen LogP) is 3.49. The number of hydrogen-bond donors (Lipinski definition) is 1. The second kappa shape index (κ2) is 5.55. The highest BCUT2D eigenvalue weighted by Gasteiger charge is 2.32. The first-order valence-corrected chi connectivity index (χ1v) is 6.90. The maximum Gasteiger partial charge on any atom is 0.322 e. The molecule has 1 aliphatic rings. The zero-order chi connectivity index (χ0) is 14.8. The van der Waals surface area contributed by atoms with Crippen molar-refractivity contribution >= 4 is 11.7 Å². The van der Waals surface area contributed by atoms with Crippen molar-refractivity contribution < 1.29 is 13.7 Å². The number of halogens is 1. The van der Waals surface area contributed by atoms with Crippen molar-refractivity contribution in [1.29, 1.82) is 0 Å². The summed E-state index contributed by atoms with van der Waals surface area (Å²) in [5.41, 5.74) is 1.35. The van der Waals surface area contributed by atoms with Crippen LogP contribution in [0.2, 0.25) is 0 Å². The molecule has 1 N–H and O–H groups in total. The third kappa shape index (κ3) is 2.89. The van der Waals surface area contributed by atoms with Crippen LogP contribution in [0.1, 0.15) is 30.3 Å². The van der Waals surface area contributed by atoms with Gasteiger partial charge in [0.2, 0.25) is 0 Å². The Labute approximate surface area is 121 Å². The topological polar surface area (TPSA) is 58.4 Å². The van der Waals surface area contributed by atoms with Crippen molar-refractivity contribution in [3.63, 3.8) is 0 Å². The summed E-state index contributed by atoms with van der Waals surface area (Å²) < 4.78 is 18.0. The number of hydrogen-bond acceptors (Lipinski definition) is 3. The molecule has 1 aromatic heterocycles. The molecule has 1 fully saturated rings. The van der Waals surface area contributed by atoms with E-state index in [-0.39, 0.29) is 17.9 Å². The number of anilines is 1. The van der Waals surface area contributed by atoms with Crippen molar-refractivity contribution in [2.24, 2.45) is 0 Å². The second-order valence-electron chi connectivity index (χ2n) is 5.15. The fourth-order valence-electron chi connectivity index (χ4n) is 2.59. The Hall–Kier alpha value is -2.37. The van der Waals surface area contributed by atoms with E-state index in [1.54, 1.807) is 17.0 Å². The van der Waals surface area contributed by atoms with Crippen LogP contribution in [-0.4, -0.2) is 22.6 Å². The standard InChI is InChI=1S/C15H16FN3O2/c1-10-9-13(18-21-10)14-3-2-8-19(14)15(20)17-12-6-4-11(16)5-7-12/h4-7,9,14H,2-3,8H2,1H3,(H,17,20)/t14-/m0/s1. The van der Waals surface area contributed by atoms with Crippen LogP contribution in [0.4, 0.5) is 14.9 Å². The Morgan fingerprint density at radius 1 is 1.43 bits per heavy atom. The molecule has 0 aliphatic carbocycles. The van der Waals surface area contributed by atoms with Crippen LogP contribution in [0.25, 0.3) is 0 Å². The number of amides is 2. The van der Waals surface area contributed by atoms with Gasteiger partial charge in [-0.05, 0) is 44.0 Å². The van der Waals surface area contributed by atoms with E-state index in [4.69, 9.17) is 4.52 Å². The van der Waals surface area contributed by atoms with Gasteiger partial charge in [-0.25, -0.2) is 9.18 Å². The molecule has 2 aromatic rings. The van der Waals surface area contributed by atoms with Crippen molar-refractivity contribution in [1.82, 2.24) is 10.1 Å². The monoisotopic (exact) mass is 289 g/mol. The quantitative estimate of drug-likeness (QED) is 0.920. The highest BCUT2D eigenvalue weighted by atomic mass is 19.1. The fourth-order valence-corrected chi connectivity index (χ4v) is 2.59. The number of likely N-dealkylation sites (tertiary alicyclic amines) is 1. The maximum atomic E-state index is 12.9. The summed E-state index contributed by atoms with van der Waals surface area (Å²) in [6, 6.07) is 7.30. The van der Waals surface area contributed by atoms with Gasteiger partial charge < -0.3 is 14.7 Å². The minimum atomic E-state index is -0.329. The number of aryl methyl sites for hydroxylation is 1. The van der Waals surface area contributed by atoms with Crippen molar-refractivity contribution in [3.05, 3.63) is 47.6 Å². The molecule has 0 unspecified atom stereocenters. The van der Waals surface area contributed by atoms with Crippen LogP contribution in [-0.2, 0) is 0 Å². The van der Waals surface area contributed by atoms with E-state index in [9.17, 15) is 9.18 Å². The van der Waals surface area contributed by atoms with Crippen LogP contribution in [0.15, 0.2) is 34.9 Å². The minimum absolute atomic E-state index is 0.0668. The van der Waals surface area contributed by atoms with E-state index >= 15 is 0 Å². The van der Waals surface area contributed by atoms with Crippen LogP contribution >= 0.6 is 0 Å². The third-order valence-electron chi connectivity index (χ3n) is 3.60. The van der Waals surface area contributed by atoms with Gasteiger partial charge in [0.05, 0.1) is 6.04 Å². The molecule has 110 valence electrons. The normalized spacial score (nSPS) is 18.0. The molecule has 0 saturated carbocycles. The molecular weight excluding hydrogens is 273 g/mol. The Kier molecular flexibility index (Phi) is 3.60. The van der Waals surface area contributed by atoms with E-state index in [1.807, 2.05) is 13.0 Å². The molecule has 3 rings (SSSR count). The lowest BCUT2D eigenvalue weighted by atomic mass is 10.1. The van der Waals surface area contributed by atoms with E-state index < -0.39 is 0 Å². The number of nitrogens with one attached hydrogen (secondary N) is 1. The van der Waals surface area contributed by atoms with E-state index in [2.05, 4.69) is 10.5 Å². The number of carbonyl (C=O) groups excluding carboxylic acids is 1. The fraction of sp³-hybridized carbons (Fsp3) is 0.333. The summed E-state index contributed by atoms with van der Waals surface area (Å²) in [6.45, 7) is 2.50. The lowest BCUT2D eigenvalue weighted by molar-refractivity contribution is 0.204. The zero-order valence-electron chi connectivity index (χ0n) is 11.7. The molecular formula is C15H16FN3O2. The Bertz CT molecular complexity index is 639. The number of carbonyl (C=O) groups is 1. The molecule has 1 aliphatic heterocycles. The van der Waals surface area contributed by atoms with Gasteiger partial charge in [-0.3, -0.25) is 0 Å². The zero-order valence-corrected chi connectivity index (χ0v) is 11.7. The van der Waals surface area contributed by atoms with Gasteiger partial charge >= 0.3 is 6.03 Å². The minimum Gasteiger partial charge on any atom is -0.361 e. The molecule has 1 atom stereocenters. The summed E-state index contributed by atoms with van der Waals surface area (Å²) in [6.07, 6.45) is 1.79. The first-order chi connectivity index (χ1) is 10.1. The van der Waals surface area contributed by atoms with Gasteiger partial charge in [0.15, 0.2) is 0 Å². The van der Waals surface area contributed by atoms with E-state index in [1.165, 1.54) is 12.1 Å². The van der Waals surface area contributed by atoms with Gasteiger partial charge in [0.1, 0.15) is 17.3 Å². The predicted molar refractivity (Wildman–Crippen MR) is 75.3 cm³/mol. The molecule has 0 spiro atoms. The lowest BCUT2D eigenvalue weighted by Crippen LogP contribution is -2.34. The number of benzene rings is 1. The summed E-state index contributed by atoms with van der Waals surface area (Å²) in [5, 5.41) is 6.78. The van der Waals surface area contributed by atoms with Gasteiger partial charge in [0, 0.05) is 18.3 Å². The number of urea groups is 1. The average molecular weight is 289 g/mol. The third-order valence-corrected chi connectivity index (χ3v) is 3.60. The van der Waals surface area contributed by atoms with Crippen molar-refractivity contribution in [2.45, 2.75) is 25.8 Å². The number of rotatable bonds is 2. The molecule has 0 radical (unpaired) electrons. The summed E-state index contributed by atoms with van der Waals surface area (Å²) in [7, 11) is 0. The summed E-state index contributed by atoms with van der Waals surface area (Å²) >= 11 is 0. The van der Waals surface area contributed by atoms with Crippen LogP contribution in [0.5, 0.6) is 0 Å². The largest absolute Gasteiger partial charge is 0.361 e. The maximum absolute atomic E-state index is 12.9. The average Bonchev–Trinajstić information content (AvgIpc) is 3.09. The number of nitrogens with zero attached hydrogens (tertiary/aromatic N) is 2. The highest BCUT2D eigenvalue weighted by Crippen LogP contribution is 2.31. The van der Waals surface area contributed by atoms with E-state index in [0.717, 1.165) is 24.3 Å². The van der Waals surface area contributed by atoms with Crippen molar-refractivity contribution in [3.8, 4) is 0 Å². The molecule has 2 heterocycles. The Morgan fingerprint density at radius 2 is 2.19 bits per heavy atom. The van der Waals surface area contributed by atoms with Gasteiger partial charge in [0.25, 0.3) is 0 Å². The van der Waals surface area contributed by atoms with E-state index in [0.29, 0.717) is 12.2 Å². The van der Waals surface area contributed by atoms with Gasteiger partial charge in [-0.15, -0.1) is 0 Å². The second-order valence-corrected chi connectivity index (χ2v) is 5.15. The van der Waals surface area contributed by atoms with Crippen LogP contribution < -0.4 is 5.32 Å². The first kappa shape index (κ1) is 13.6. The molecule has 21 heavy (non-hydrogen) atoms. The first-order valence-electron chi connectivity index (χ1n) is 6.90. The van der Waals surface area contributed by atoms with Crippen LogP contribution in [0.3, 0.4) is 0 Å². The van der Waals surface area contributed by atoms with Crippen LogP contribution in [0, 0.1) is 12.7 Å². The lowest BCUT2D eigenvalue weighted by Gasteiger charge is -2.23. The molecule has 6 heteroatoms. The van der Waals surface area contributed by atoms with Gasteiger partial charge in [-0.2, -0.15) is 0 Å².